The predicted molar refractivity (Wildman–Crippen MR) is 85.6 cm³/mol. The number of carbonyl (C=O) groups excluding carboxylic acids is 1. The van der Waals surface area contributed by atoms with Gasteiger partial charge in [-0.25, -0.2) is 0 Å². The number of carbonyl (C=O) groups is 1. The fraction of sp³-hybridized carbons (Fsp3) is 0.250. The van der Waals surface area contributed by atoms with Gasteiger partial charge < -0.3 is 10.6 Å². The van der Waals surface area contributed by atoms with Gasteiger partial charge in [0, 0.05) is 23.5 Å². The zero-order valence-electron chi connectivity index (χ0n) is 11.9. The van der Waals surface area contributed by atoms with Crippen LogP contribution in [0.5, 0.6) is 0 Å². The summed E-state index contributed by atoms with van der Waals surface area (Å²) in [7, 11) is 0. The smallest absolute Gasteiger partial charge is 0.253 e. The van der Waals surface area contributed by atoms with Crippen molar-refractivity contribution in [1.29, 1.82) is 0 Å². The van der Waals surface area contributed by atoms with E-state index in [1.165, 1.54) is 0 Å². The summed E-state index contributed by atoms with van der Waals surface area (Å²) in [5, 5.41) is 6.64. The van der Waals surface area contributed by atoms with Crippen LogP contribution < -0.4 is 10.6 Å². The number of amides is 1. The van der Waals surface area contributed by atoms with Gasteiger partial charge in [-0.15, -0.1) is 0 Å². The minimum absolute atomic E-state index is 0.165. The standard InChI is InChI=1S/C16H18ClN3O/c1-2-8-19-15-7-6-12(17)10-14(15)16(21)20-11-13-5-3-4-9-18-13/h3-7,9-10,19H,2,8,11H2,1H3,(H,20,21). The lowest BCUT2D eigenvalue weighted by Gasteiger charge is -2.12. The molecule has 1 aromatic carbocycles. The Morgan fingerprint density at radius 2 is 2.14 bits per heavy atom. The third kappa shape index (κ3) is 4.46. The first kappa shape index (κ1) is 15.3. The minimum Gasteiger partial charge on any atom is -0.384 e. The highest BCUT2D eigenvalue weighted by Gasteiger charge is 2.12. The molecule has 110 valence electrons. The third-order valence-corrected chi connectivity index (χ3v) is 3.18. The van der Waals surface area contributed by atoms with E-state index in [2.05, 4.69) is 22.5 Å². The second-order valence-electron chi connectivity index (χ2n) is 4.62. The molecule has 0 spiro atoms. The summed E-state index contributed by atoms with van der Waals surface area (Å²) < 4.78 is 0. The second-order valence-corrected chi connectivity index (χ2v) is 5.06. The monoisotopic (exact) mass is 303 g/mol. The fourth-order valence-electron chi connectivity index (χ4n) is 1.89. The molecule has 0 saturated heterocycles. The summed E-state index contributed by atoms with van der Waals surface area (Å²) in [6.45, 7) is 3.27. The van der Waals surface area contributed by atoms with Gasteiger partial charge in [0.2, 0.25) is 0 Å². The van der Waals surface area contributed by atoms with E-state index in [-0.39, 0.29) is 5.91 Å². The first-order valence-electron chi connectivity index (χ1n) is 6.92. The van der Waals surface area contributed by atoms with Crippen molar-refractivity contribution >= 4 is 23.2 Å². The van der Waals surface area contributed by atoms with Crippen LogP contribution in [0.15, 0.2) is 42.6 Å². The molecule has 2 rings (SSSR count). The van der Waals surface area contributed by atoms with Gasteiger partial charge >= 0.3 is 0 Å². The van der Waals surface area contributed by atoms with Gasteiger partial charge in [0.15, 0.2) is 0 Å². The number of nitrogens with one attached hydrogen (secondary N) is 2. The van der Waals surface area contributed by atoms with Crippen LogP contribution in [0.1, 0.15) is 29.4 Å². The van der Waals surface area contributed by atoms with Crippen LogP contribution in [0.4, 0.5) is 5.69 Å². The SMILES string of the molecule is CCCNc1ccc(Cl)cc1C(=O)NCc1ccccn1. The topological polar surface area (TPSA) is 54.0 Å². The zero-order chi connectivity index (χ0) is 15.1. The predicted octanol–water partition coefficient (Wildman–Crippen LogP) is 3.49. The largest absolute Gasteiger partial charge is 0.384 e. The third-order valence-electron chi connectivity index (χ3n) is 2.95. The molecule has 21 heavy (non-hydrogen) atoms. The van der Waals surface area contributed by atoms with E-state index < -0.39 is 0 Å². The quantitative estimate of drug-likeness (QED) is 0.859. The van der Waals surface area contributed by atoms with E-state index in [0.717, 1.165) is 24.3 Å². The maximum atomic E-state index is 12.3. The Balaban J connectivity index is 2.08. The highest BCUT2D eigenvalue weighted by atomic mass is 35.5. The average molecular weight is 304 g/mol. The van der Waals surface area contributed by atoms with Crippen molar-refractivity contribution in [3.8, 4) is 0 Å². The van der Waals surface area contributed by atoms with Gasteiger partial charge in [-0.05, 0) is 36.8 Å². The Bertz CT molecular complexity index is 602. The zero-order valence-corrected chi connectivity index (χ0v) is 12.7. The van der Waals surface area contributed by atoms with E-state index in [1.54, 1.807) is 18.3 Å². The van der Waals surface area contributed by atoms with Gasteiger partial charge in [0.25, 0.3) is 5.91 Å². The first-order chi connectivity index (χ1) is 10.2. The van der Waals surface area contributed by atoms with E-state index in [9.17, 15) is 4.79 Å². The van der Waals surface area contributed by atoms with Gasteiger partial charge in [0.1, 0.15) is 0 Å². The molecule has 0 aliphatic rings. The van der Waals surface area contributed by atoms with Crippen molar-refractivity contribution in [1.82, 2.24) is 10.3 Å². The number of hydrogen-bond acceptors (Lipinski definition) is 3. The molecule has 0 bridgehead atoms. The van der Waals surface area contributed by atoms with Gasteiger partial charge in [0.05, 0.1) is 17.8 Å². The molecule has 0 aliphatic heterocycles. The maximum Gasteiger partial charge on any atom is 0.253 e. The van der Waals surface area contributed by atoms with Gasteiger partial charge in [-0.2, -0.15) is 0 Å². The van der Waals surface area contributed by atoms with Crippen molar-refractivity contribution in [2.45, 2.75) is 19.9 Å². The summed E-state index contributed by atoms with van der Waals surface area (Å²) in [5.74, 6) is -0.165. The Hall–Kier alpha value is -2.07. The van der Waals surface area contributed by atoms with Crippen LogP contribution >= 0.6 is 11.6 Å². The summed E-state index contributed by atoms with van der Waals surface area (Å²) in [6, 6.07) is 10.9. The Morgan fingerprint density at radius 1 is 1.29 bits per heavy atom. The molecular formula is C16H18ClN3O. The van der Waals surface area contributed by atoms with Crippen LogP contribution in [0.3, 0.4) is 0 Å². The van der Waals surface area contributed by atoms with Crippen molar-refractivity contribution in [2.24, 2.45) is 0 Å². The van der Waals surface area contributed by atoms with Crippen molar-refractivity contribution in [3.05, 3.63) is 58.9 Å². The lowest BCUT2D eigenvalue weighted by atomic mass is 10.1. The molecule has 0 aliphatic carbocycles. The fourth-order valence-corrected chi connectivity index (χ4v) is 2.06. The molecule has 2 N–H and O–H groups in total. The van der Waals surface area contributed by atoms with E-state index in [4.69, 9.17) is 11.6 Å². The first-order valence-corrected chi connectivity index (χ1v) is 7.30. The van der Waals surface area contributed by atoms with E-state index >= 15 is 0 Å². The summed E-state index contributed by atoms with van der Waals surface area (Å²) >= 11 is 5.99. The molecule has 5 heteroatoms. The Kier molecular flexibility index (Phi) is 5.58. The minimum atomic E-state index is -0.165. The Labute approximate surface area is 129 Å². The second kappa shape index (κ2) is 7.64. The number of nitrogens with zero attached hydrogens (tertiary/aromatic N) is 1. The highest BCUT2D eigenvalue weighted by Crippen LogP contribution is 2.20. The number of benzene rings is 1. The lowest BCUT2D eigenvalue weighted by molar-refractivity contribution is 0.0951. The number of aromatic nitrogens is 1. The van der Waals surface area contributed by atoms with Crippen LogP contribution in [0.2, 0.25) is 5.02 Å². The Morgan fingerprint density at radius 3 is 2.86 bits per heavy atom. The molecular weight excluding hydrogens is 286 g/mol. The van der Waals surface area contributed by atoms with Gasteiger partial charge in [-0.1, -0.05) is 24.6 Å². The highest BCUT2D eigenvalue weighted by molar-refractivity contribution is 6.31. The van der Waals surface area contributed by atoms with Crippen molar-refractivity contribution in [3.63, 3.8) is 0 Å². The lowest BCUT2D eigenvalue weighted by Crippen LogP contribution is -2.24. The number of anilines is 1. The molecule has 4 nitrogen and oxygen atoms in total. The van der Waals surface area contributed by atoms with Crippen LogP contribution in [-0.4, -0.2) is 17.4 Å². The summed E-state index contributed by atoms with van der Waals surface area (Å²) in [6.07, 6.45) is 2.69. The average Bonchev–Trinajstić information content (AvgIpc) is 2.52. The molecule has 1 aromatic heterocycles. The molecule has 2 aromatic rings. The van der Waals surface area contributed by atoms with E-state index in [1.807, 2.05) is 24.3 Å². The molecule has 0 saturated carbocycles. The number of hydrogen-bond donors (Lipinski definition) is 2. The van der Waals surface area contributed by atoms with Crippen molar-refractivity contribution < 1.29 is 4.79 Å². The van der Waals surface area contributed by atoms with Gasteiger partial charge in [-0.3, -0.25) is 9.78 Å². The number of pyridine rings is 1. The number of halogens is 1. The molecule has 0 fully saturated rings. The normalized spacial score (nSPS) is 10.2. The summed E-state index contributed by atoms with van der Waals surface area (Å²) in [4.78, 5) is 16.5. The molecule has 1 heterocycles. The summed E-state index contributed by atoms with van der Waals surface area (Å²) in [5.41, 5.74) is 2.16. The molecule has 1 amide bonds. The van der Waals surface area contributed by atoms with E-state index in [0.29, 0.717) is 17.1 Å². The van der Waals surface area contributed by atoms with Crippen molar-refractivity contribution in [2.75, 3.05) is 11.9 Å². The number of rotatable bonds is 6. The molecule has 0 radical (unpaired) electrons. The molecule has 0 unspecified atom stereocenters. The van der Waals surface area contributed by atoms with Crippen LogP contribution in [0, 0.1) is 0 Å². The maximum absolute atomic E-state index is 12.3. The van der Waals surface area contributed by atoms with Crippen LogP contribution in [-0.2, 0) is 6.54 Å². The molecule has 0 atom stereocenters. The van der Waals surface area contributed by atoms with Crippen LogP contribution in [0.25, 0.3) is 0 Å².